The fraction of sp³-hybridized carbons (Fsp3) is 0.227. The number of alkyl carbamates (subject to hydrolysis) is 1. The van der Waals surface area contributed by atoms with Crippen molar-refractivity contribution >= 4 is 18.0 Å². The second-order valence-corrected chi connectivity index (χ2v) is 6.19. The maximum absolute atomic E-state index is 12.4. The molecule has 2 amide bonds. The van der Waals surface area contributed by atoms with Gasteiger partial charge in [0, 0.05) is 18.2 Å². The van der Waals surface area contributed by atoms with Crippen molar-refractivity contribution in [2.45, 2.75) is 19.1 Å². The first-order valence-corrected chi connectivity index (χ1v) is 9.32. The third kappa shape index (κ3) is 6.86. The number of hydrogen-bond acceptors (Lipinski definition) is 7. The second kappa shape index (κ2) is 11.4. The van der Waals surface area contributed by atoms with E-state index in [0.29, 0.717) is 5.56 Å². The number of imide groups is 1. The number of carboxylic acid groups (broad SMARTS) is 1. The molecule has 0 radical (unpaired) electrons. The molecular weight excluding hydrogens is 406 g/mol. The molecule has 9 heteroatoms. The Kier molecular flexibility index (Phi) is 8.59. The minimum absolute atomic E-state index is 0.182. The highest BCUT2D eigenvalue weighted by Gasteiger charge is 2.28. The van der Waals surface area contributed by atoms with Gasteiger partial charge in [-0.25, -0.2) is 9.59 Å². The molecule has 0 fully saturated rings. The Hall–Kier alpha value is -3.85. The molecule has 2 aromatic carbocycles. The molecule has 0 bridgehead atoms. The van der Waals surface area contributed by atoms with Gasteiger partial charge in [-0.1, -0.05) is 24.3 Å². The number of carbonyl (C=O) groups excluding carboxylic acids is 2. The first kappa shape index (κ1) is 23.4. The van der Waals surface area contributed by atoms with Crippen LogP contribution in [0, 0.1) is 0 Å². The van der Waals surface area contributed by atoms with E-state index in [2.05, 4.69) is 5.32 Å². The Labute approximate surface area is 178 Å². The van der Waals surface area contributed by atoms with E-state index >= 15 is 0 Å². The lowest BCUT2D eigenvalue weighted by atomic mass is 10.0. The molecule has 0 saturated carbocycles. The molecular formula is C22H23NO8. The van der Waals surface area contributed by atoms with Gasteiger partial charge in [-0.15, -0.1) is 0 Å². The molecule has 0 aliphatic heterocycles. The van der Waals surface area contributed by atoms with Crippen molar-refractivity contribution in [3.63, 3.8) is 0 Å². The van der Waals surface area contributed by atoms with Crippen molar-refractivity contribution in [2.24, 2.45) is 0 Å². The van der Waals surface area contributed by atoms with E-state index in [0.717, 1.165) is 6.08 Å². The van der Waals surface area contributed by atoms with Crippen molar-refractivity contribution in [1.29, 1.82) is 0 Å². The van der Waals surface area contributed by atoms with Gasteiger partial charge < -0.3 is 24.4 Å². The third-order valence-electron chi connectivity index (χ3n) is 4.10. The van der Waals surface area contributed by atoms with Crippen LogP contribution in [0.3, 0.4) is 0 Å². The number of methoxy groups -OCH3 is 1. The van der Waals surface area contributed by atoms with Crippen LogP contribution in [-0.4, -0.2) is 48.0 Å². The van der Waals surface area contributed by atoms with Gasteiger partial charge in [-0.05, 0) is 42.8 Å². The highest BCUT2D eigenvalue weighted by Crippen LogP contribution is 2.33. The van der Waals surface area contributed by atoms with E-state index in [9.17, 15) is 19.5 Å². The predicted octanol–water partition coefficient (Wildman–Crippen LogP) is 3.05. The monoisotopic (exact) mass is 429 g/mol. The summed E-state index contributed by atoms with van der Waals surface area (Å²) in [4.78, 5) is 35.6. The van der Waals surface area contributed by atoms with Crippen LogP contribution in [0.5, 0.6) is 11.5 Å². The standard InChI is InChI=1S/C22H23NO8/c1-3-30-18(11-12-19(25)26)20(15-9-10-17(29-2)16(24)13-15)31-22(28)23-21(27)14-7-5-4-6-8-14/h4-13,18,20,24H,3H2,1-2H3,(H,25,26)(H,23,27,28)/b12-11+/t18-,20-/m0/s1. The molecule has 0 aliphatic rings. The maximum Gasteiger partial charge on any atom is 0.414 e. The largest absolute Gasteiger partial charge is 0.504 e. The summed E-state index contributed by atoms with van der Waals surface area (Å²) in [5.41, 5.74) is 0.555. The Morgan fingerprint density at radius 2 is 1.84 bits per heavy atom. The zero-order chi connectivity index (χ0) is 22.8. The minimum Gasteiger partial charge on any atom is -0.504 e. The maximum atomic E-state index is 12.4. The van der Waals surface area contributed by atoms with Gasteiger partial charge in [0.2, 0.25) is 0 Å². The van der Waals surface area contributed by atoms with Crippen LogP contribution < -0.4 is 10.1 Å². The van der Waals surface area contributed by atoms with Crippen LogP contribution in [0.2, 0.25) is 0 Å². The van der Waals surface area contributed by atoms with Gasteiger partial charge in [0.25, 0.3) is 5.91 Å². The van der Waals surface area contributed by atoms with E-state index in [1.807, 2.05) is 0 Å². The smallest absolute Gasteiger partial charge is 0.414 e. The third-order valence-corrected chi connectivity index (χ3v) is 4.10. The van der Waals surface area contributed by atoms with Crippen LogP contribution in [0.15, 0.2) is 60.7 Å². The molecule has 2 atom stereocenters. The van der Waals surface area contributed by atoms with Crippen LogP contribution in [0.25, 0.3) is 0 Å². The summed E-state index contributed by atoms with van der Waals surface area (Å²) in [6, 6.07) is 12.4. The molecule has 0 unspecified atom stereocenters. The summed E-state index contributed by atoms with van der Waals surface area (Å²) in [7, 11) is 1.38. The number of nitrogens with one attached hydrogen (secondary N) is 1. The first-order chi connectivity index (χ1) is 14.8. The number of carbonyl (C=O) groups is 3. The van der Waals surface area contributed by atoms with Crippen molar-refractivity contribution in [1.82, 2.24) is 5.32 Å². The number of phenolic OH excluding ortho intramolecular Hbond substituents is 1. The lowest BCUT2D eigenvalue weighted by Gasteiger charge is -2.25. The van der Waals surface area contributed by atoms with Crippen LogP contribution in [0.1, 0.15) is 28.9 Å². The van der Waals surface area contributed by atoms with E-state index < -0.39 is 30.2 Å². The van der Waals surface area contributed by atoms with Gasteiger partial charge in [-0.3, -0.25) is 10.1 Å². The number of amides is 2. The average Bonchev–Trinajstić information content (AvgIpc) is 2.75. The topological polar surface area (TPSA) is 131 Å². The van der Waals surface area contributed by atoms with Crippen molar-refractivity contribution < 1.29 is 38.8 Å². The van der Waals surface area contributed by atoms with Crippen molar-refractivity contribution in [3.8, 4) is 11.5 Å². The number of rotatable bonds is 9. The van der Waals surface area contributed by atoms with Crippen LogP contribution in [-0.2, 0) is 14.3 Å². The molecule has 0 heterocycles. The molecule has 0 aromatic heterocycles. The molecule has 2 aromatic rings. The average molecular weight is 429 g/mol. The Bertz CT molecular complexity index is 942. The van der Waals surface area contributed by atoms with Crippen molar-refractivity contribution in [2.75, 3.05) is 13.7 Å². The molecule has 164 valence electrons. The van der Waals surface area contributed by atoms with Gasteiger partial charge >= 0.3 is 12.1 Å². The normalized spacial score (nSPS) is 12.7. The molecule has 0 aliphatic carbocycles. The fourth-order valence-electron chi connectivity index (χ4n) is 2.72. The lowest BCUT2D eigenvalue weighted by molar-refractivity contribution is -0.131. The fourth-order valence-corrected chi connectivity index (χ4v) is 2.72. The molecule has 0 spiro atoms. The zero-order valence-electron chi connectivity index (χ0n) is 17.0. The SMILES string of the molecule is CCO[C@@H](/C=C/C(=O)O)[C@@H](OC(=O)NC(=O)c1ccccc1)c1ccc(OC)c(O)c1. The molecule has 3 N–H and O–H groups in total. The summed E-state index contributed by atoms with van der Waals surface area (Å²) >= 11 is 0. The minimum atomic E-state index is -1.22. The second-order valence-electron chi connectivity index (χ2n) is 6.19. The number of carboxylic acids is 1. The molecule has 9 nitrogen and oxygen atoms in total. The van der Waals surface area contributed by atoms with Crippen molar-refractivity contribution in [3.05, 3.63) is 71.8 Å². The Balaban J connectivity index is 2.31. The lowest BCUT2D eigenvalue weighted by Crippen LogP contribution is -2.35. The van der Waals surface area contributed by atoms with E-state index in [4.69, 9.17) is 19.3 Å². The van der Waals surface area contributed by atoms with E-state index in [-0.39, 0.29) is 23.7 Å². The van der Waals surface area contributed by atoms with Gasteiger partial charge in [0.15, 0.2) is 17.6 Å². The Morgan fingerprint density at radius 1 is 1.13 bits per heavy atom. The highest BCUT2D eigenvalue weighted by atomic mass is 16.6. The highest BCUT2D eigenvalue weighted by molar-refractivity contribution is 6.02. The number of benzene rings is 2. The summed E-state index contributed by atoms with van der Waals surface area (Å²) in [5, 5.41) is 21.2. The summed E-state index contributed by atoms with van der Waals surface area (Å²) in [6.07, 6.45) is -1.18. The predicted molar refractivity (Wildman–Crippen MR) is 110 cm³/mol. The number of phenols is 1. The molecule has 0 saturated heterocycles. The summed E-state index contributed by atoms with van der Waals surface area (Å²) < 4.78 is 16.0. The van der Waals surface area contributed by atoms with E-state index in [1.54, 1.807) is 25.1 Å². The summed E-state index contributed by atoms with van der Waals surface area (Å²) in [5.74, 6) is -1.91. The van der Waals surface area contributed by atoms with Crippen LogP contribution >= 0.6 is 0 Å². The number of ether oxygens (including phenoxy) is 3. The Morgan fingerprint density at radius 3 is 2.42 bits per heavy atom. The molecule has 2 rings (SSSR count). The van der Waals surface area contributed by atoms with Gasteiger partial charge in [0.05, 0.1) is 7.11 Å². The number of aliphatic carboxylic acids is 1. The number of hydrogen-bond donors (Lipinski definition) is 3. The van der Waals surface area contributed by atoms with Gasteiger partial charge in [0.1, 0.15) is 6.10 Å². The first-order valence-electron chi connectivity index (χ1n) is 9.32. The molecule has 31 heavy (non-hydrogen) atoms. The summed E-state index contributed by atoms with van der Waals surface area (Å²) in [6.45, 7) is 1.87. The van der Waals surface area contributed by atoms with Gasteiger partial charge in [-0.2, -0.15) is 0 Å². The number of aromatic hydroxyl groups is 1. The zero-order valence-corrected chi connectivity index (χ0v) is 17.0. The van der Waals surface area contributed by atoms with E-state index in [1.165, 1.54) is 43.5 Å². The van der Waals surface area contributed by atoms with Crippen LogP contribution in [0.4, 0.5) is 4.79 Å². The quantitative estimate of drug-likeness (QED) is 0.518.